The molecule has 4 heteroatoms. The number of hydrogen-bond donors (Lipinski definition) is 0. The summed E-state index contributed by atoms with van der Waals surface area (Å²) in [5.41, 5.74) is 0. The van der Waals surface area contributed by atoms with Gasteiger partial charge in [0.05, 0.1) is 6.61 Å². The first-order chi connectivity index (χ1) is 5.27. The van der Waals surface area contributed by atoms with Gasteiger partial charge in [0.25, 0.3) is 0 Å². The lowest BCUT2D eigenvalue weighted by Crippen LogP contribution is -2.24. The minimum atomic E-state index is -0.656. The summed E-state index contributed by atoms with van der Waals surface area (Å²) >= 11 is 0. The maximum Gasteiger partial charge on any atom is 0.509 e. The van der Waals surface area contributed by atoms with Crippen LogP contribution in [0.3, 0.4) is 0 Å². The van der Waals surface area contributed by atoms with Crippen molar-refractivity contribution < 1.29 is 19.0 Å². The Morgan fingerprint density at radius 3 is 3.00 bits per heavy atom. The fraction of sp³-hybridized carbons (Fsp3) is 0.571. The van der Waals surface area contributed by atoms with Gasteiger partial charge in [0.1, 0.15) is 0 Å². The molecule has 0 radical (unpaired) electrons. The molecule has 1 heterocycles. The molecule has 1 saturated heterocycles. The van der Waals surface area contributed by atoms with E-state index in [2.05, 4.69) is 6.58 Å². The van der Waals surface area contributed by atoms with Crippen molar-refractivity contribution in [2.75, 3.05) is 13.7 Å². The molecule has 0 spiro atoms. The van der Waals surface area contributed by atoms with Crippen molar-refractivity contribution in [2.45, 2.75) is 12.2 Å². The minimum absolute atomic E-state index is 0.336. The monoisotopic (exact) mass is 158 g/mol. The summed E-state index contributed by atoms with van der Waals surface area (Å²) in [5, 5.41) is 0. The molecule has 0 saturated carbocycles. The second-order valence-corrected chi connectivity index (χ2v) is 2.18. The maximum absolute atomic E-state index is 10.5. The van der Waals surface area contributed by atoms with Crippen LogP contribution in [0.4, 0.5) is 4.79 Å². The van der Waals surface area contributed by atoms with Crippen molar-refractivity contribution in [3.8, 4) is 0 Å². The molecule has 1 rings (SSSR count). The van der Waals surface area contributed by atoms with Gasteiger partial charge in [0.2, 0.25) is 0 Å². The van der Waals surface area contributed by atoms with Crippen LogP contribution < -0.4 is 0 Å². The normalized spacial score (nSPS) is 29.4. The average molecular weight is 158 g/mol. The van der Waals surface area contributed by atoms with Crippen LogP contribution in [-0.2, 0) is 14.2 Å². The van der Waals surface area contributed by atoms with Crippen molar-refractivity contribution in [2.24, 2.45) is 0 Å². The molecule has 0 amide bonds. The van der Waals surface area contributed by atoms with Crippen molar-refractivity contribution in [1.82, 2.24) is 0 Å². The van der Waals surface area contributed by atoms with Gasteiger partial charge in [-0.2, -0.15) is 0 Å². The van der Waals surface area contributed by atoms with Gasteiger partial charge in [0.15, 0.2) is 12.2 Å². The molecule has 0 aromatic carbocycles. The third-order valence-electron chi connectivity index (χ3n) is 1.41. The van der Waals surface area contributed by atoms with E-state index in [-0.39, 0.29) is 12.2 Å². The van der Waals surface area contributed by atoms with Gasteiger partial charge in [-0.1, -0.05) is 6.58 Å². The summed E-state index contributed by atoms with van der Waals surface area (Å²) < 4.78 is 14.3. The van der Waals surface area contributed by atoms with E-state index in [1.807, 2.05) is 0 Å². The minimum Gasteiger partial charge on any atom is -0.424 e. The highest BCUT2D eigenvalue weighted by atomic mass is 16.8. The van der Waals surface area contributed by atoms with E-state index in [4.69, 9.17) is 14.2 Å². The zero-order chi connectivity index (χ0) is 8.27. The highest BCUT2D eigenvalue weighted by Crippen LogP contribution is 2.15. The number of methoxy groups -OCH3 is 1. The van der Waals surface area contributed by atoms with Crippen molar-refractivity contribution in [1.29, 1.82) is 0 Å². The highest BCUT2D eigenvalue weighted by Gasteiger charge is 2.34. The van der Waals surface area contributed by atoms with Crippen molar-refractivity contribution >= 4 is 6.16 Å². The van der Waals surface area contributed by atoms with Gasteiger partial charge in [-0.05, 0) is 6.08 Å². The molecular weight excluding hydrogens is 148 g/mol. The van der Waals surface area contributed by atoms with E-state index in [0.29, 0.717) is 6.61 Å². The summed E-state index contributed by atoms with van der Waals surface area (Å²) in [6.45, 7) is 3.83. The Morgan fingerprint density at radius 2 is 2.45 bits per heavy atom. The number of ether oxygens (including phenoxy) is 3. The zero-order valence-electron chi connectivity index (χ0n) is 6.28. The molecule has 2 unspecified atom stereocenters. The van der Waals surface area contributed by atoms with E-state index in [9.17, 15) is 4.79 Å². The molecule has 4 nitrogen and oxygen atoms in total. The van der Waals surface area contributed by atoms with Crippen LogP contribution in [0.25, 0.3) is 0 Å². The topological polar surface area (TPSA) is 44.8 Å². The highest BCUT2D eigenvalue weighted by molar-refractivity contribution is 5.63. The maximum atomic E-state index is 10.5. The number of carbonyl (C=O) groups is 1. The SMILES string of the molecule is C=CC1OC(=O)OC1COC. The summed E-state index contributed by atoms with van der Waals surface area (Å²) in [5.74, 6) is 0. The van der Waals surface area contributed by atoms with E-state index < -0.39 is 6.16 Å². The van der Waals surface area contributed by atoms with E-state index >= 15 is 0 Å². The van der Waals surface area contributed by atoms with Gasteiger partial charge in [-0.15, -0.1) is 0 Å². The first kappa shape index (κ1) is 8.07. The van der Waals surface area contributed by atoms with E-state index in [0.717, 1.165) is 0 Å². The van der Waals surface area contributed by atoms with Crippen LogP contribution in [0.1, 0.15) is 0 Å². The number of rotatable bonds is 3. The number of carbonyl (C=O) groups excluding carboxylic acids is 1. The third kappa shape index (κ3) is 1.71. The first-order valence-electron chi connectivity index (χ1n) is 3.26. The van der Waals surface area contributed by atoms with Gasteiger partial charge >= 0.3 is 6.16 Å². The smallest absolute Gasteiger partial charge is 0.424 e. The lowest BCUT2D eigenvalue weighted by atomic mass is 10.2. The predicted octanol–water partition coefficient (Wildman–Crippen LogP) is 0.723. The van der Waals surface area contributed by atoms with Gasteiger partial charge in [-0.25, -0.2) is 4.79 Å². The summed E-state index contributed by atoms with van der Waals surface area (Å²) in [4.78, 5) is 10.5. The van der Waals surface area contributed by atoms with Crippen LogP contribution in [0, 0.1) is 0 Å². The fourth-order valence-corrected chi connectivity index (χ4v) is 0.898. The van der Waals surface area contributed by atoms with Crippen LogP contribution >= 0.6 is 0 Å². The molecule has 2 atom stereocenters. The molecule has 0 aliphatic carbocycles. The zero-order valence-corrected chi connectivity index (χ0v) is 6.28. The van der Waals surface area contributed by atoms with Gasteiger partial charge in [-0.3, -0.25) is 0 Å². The van der Waals surface area contributed by atoms with E-state index in [1.165, 1.54) is 13.2 Å². The molecule has 0 bridgehead atoms. The second-order valence-electron chi connectivity index (χ2n) is 2.18. The largest absolute Gasteiger partial charge is 0.509 e. The molecule has 62 valence electrons. The Morgan fingerprint density at radius 1 is 1.73 bits per heavy atom. The molecule has 11 heavy (non-hydrogen) atoms. The lowest BCUT2D eigenvalue weighted by molar-refractivity contribution is 0.0642. The van der Waals surface area contributed by atoms with Crippen molar-refractivity contribution in [3.63, 3.8) is 0 Å². The predicted molar refractivity (Wildman–Crippen MR) is 37.2 cm³/mol. The van der Waals surface area contributed by atoms with Gasteiger partial charge < -0.3 is 14.2 Å². The Labute approximate surface area is 64.7 Å². The molecule has 0 aromatic rings. The second kappa shape index (κ2) is 3.39. The Balaban J connectivity index is 2.49. The van der Waals surface area contributed by atoms with Crippen LogP contribution in [-0.4, -0.2) is 32.1 Å². The summed E-state index contributed by atoms with van der Waals surface area (Å²) in [6.07, 6.45) is 0.151. The van der Waals surface area contributed by atoms with Crippen LogP contribution in [0.15, 0.2) is 12.7 Å². The molecule has 0 aromatic heterocycles. The number of hydrogen-bond acceptors (Lipinski definition) is 4. The Kier molecular flexibility index (Phi) is 2.48. The molecule has 1 aliphatic rings. The lowest BCUT2D eigenvalue weighted by Gasteiger charge is -2.09. The van der Waals surface area contributed by atoms with Crippen molar-refractivity contribution in [3.05, 3.63) is 12.7 Å². The summed E-state index contributed by atoms with van der Waals surface area (Å²) in [7, 11) is 1.53. The van der Waals surface area contributed by atoms with Crippen LogP contribution in [0.5, 0.6) is 0 Å². The first-order valence-corrected chi connectivity index (χ1v) is 3.26. The molecule has 0 N–H and O–H groups in total. The molecule has 1 fully saturated rings. The average Bonchev–Trinajstić information content (AvgIpc) is 2.32. The van der Waals surface area contributed by atoms with Gasteiger partial charge in [0, 0.05) is 7.11 Å². The Bertz CT molecular complexity index is 166. The van der Waals surface area contributed by atoms with E-state index in [1.54, 1.807) is 0 Å². The number of cyclic esters (lactones) is 2. The standard InChI is InChI=1S/C7H10O4/c1-3-5-6(4-9-2)11-7(8)10-5/h3,5-6H,1,4H2,2H3. The third-order valence-corrected chi connectivity index (χ3v) is 1.41. The molecular formula is C7H10O4. The Hall–Kier alpha value is -1.03. The quantitative estimate of drug-likeness (QED) is 0.448. The fourth-order valence-electron chi connectivity index (χ4n) is 0.898. The van der Waals surface area contributed by atoms with Crippen LogP contribution in [0.2, 0.25) is 0 Å². The summed E-state index contributed by atoms with van der Waals surface area (Å²) in [6, 6.07) is 0. The molecule has 1 aliphatic heterocycles.